The highest BCUT2D eigenvalue weighted by Crippen LogP contribution is 2.39. The van der Waals surface area contributed by atoms with Crippen LogP contribution in [0.5, 0.6) is 0 Å². The molecule has 1 aromatic carbocycles. The van der Waals surface area contributed by atoms with Crippen molar-refractivity contribution in [2.75, 3.05) is 50.0 Å². The molecule has 0 bridgehead atoms. The van der Waals surface area contributed by atoms with Crippen LogP contribution in [0.25, 0.3) is 11.0 Å². The molecule has 10 nitrogen and oxygen atoms in total. The van der Waals surface area contributed by atoms with Gasteiger partial charge in [0.2, 0.25) is 5.91 Å². The summed E-state index contributed by atoms with van der Waals surface area (Å²) in [5, 5.41) is 6.82. The monoisotopic (exact) mass is 529 g/mol. The number of piperidine rings is 1. The first kappa shape index (κ1) is 25.0. The summed E-state index contributed by atoms with van der Waals surface area (Å²) < 4.78 is 0. The summed E-state index contributed by atoms with van der Waals surface area (Å²) in [5.41, 5.74) is 12.3. The van der Waals surface area contributed by atoms with Gasteiger partial charge in [0.15, 0.2) is 0 Å². The SMILES string of the molecule is CN1CCN(c2cccc3[nH]c(C4NNC5CNC(c6cncc(NC(=O)C7CCCC7)c6)CC54)nc23)CC1. The average Bonchev–Trinajstić information content (AvgIpc) is 3.73. The van der Waals surface area contributed by atoms with Gasteiger partial charge in [-0.3, -0.25) is 15.2 Å². The van der Waals surface area contributed by atoms with Crippen molar-refractivity contribution in [1.29, 1.82) is 0 Å². The van der Waals surface area contributed by atoms with E-state index < -0.39 is 0 Å². The van der Waals surface area contributed by atoms with Crippen molar-refractivity contribution in [3.05, 3.63) is 48.0 Å². The normalized spacial score (nSPS) is 28.2. The number of hydrogen-bond donors (Lipinski definition) is 5. The number of nitrogens with one attached hydrogen (secondary N) is 5. The predicted molar refractivity (Wildman–Crippen MR) is 152 cm³/mol. The van der Waals surface area contributed by atoms with Crippen LogP contribution in [0, 0.1) is 11.8 Å². The van der Waals surface area contributed by atoms with E-state index in [1.54, 1.807) is 6.20 Å². The molecule has 5 N–H and O–H groups in total. The molecule has 4 unspecified atom stereocenters. The zero-order valence-corrected chi connectivity index (χ0v) is 22.6. The maximum atomic E-state index is 12.7. The number of imidazole rings is 1. The molecule has 0 spiro atoms. The van der Waals surface area contributed by atoms with Crippen molar-refractivity contribution in [3.8, 4) is 0 Å². The van der Waals surface area contributed by atoms with E-state index in [9.17, 15) is 4.79 Å². The molecule has 7 rings (SSSR count). The van der Waals surface area contributed by atoms with Crippen LogP contribution in [-0.2, 0) is 4.79 Å². The molecule has 3 aliphatic heterocycles. The Balaban J connectivity index is 1.09. The highest BCUT2D eigenvalue weighted by atomic mass is 16.1. The Hall–Kier alpha value is -3.05. The van der Waals surface area contributed by atoms with Gasteiger partial charge in [-0.05, 0) is 50.1 Å². The minimum absolute atomic E-state index is 0.0885. The number of carbonyl (C=O) groups is 1. The van der Waals surface area contributed by atoms with Gasteiger partial charge in [-0.2, -0.15) is 0 Å². The fourth-order valence-electron chi connectivity index (χ4n) is 6.93. The molecule has 3 aromatic rings. The van der Waals surface area contributed by atoms with Crippen molar-refractivity contribution in [1.82, 2.24) is 36.0 Å². The molecule has 4 fully saturated rings. The van der Waals surface area contributed by atoms with Crippen molar-refractivity contribution >= 4 is 28.3 Å². The maximum absolute atomic E-state index is 12.7. The molecule has 0 radical (unpaired) electrons. The number of aromatic nitrogens is 3. The van der Waals surface area contributed by atoms with Gasteiger partial charge in [-0.25, -0.2) is 10.4 Å². The summed E-state index contributed by atoms with van der Waals surface area (Å²) in [7, 11) is 2.19. The highest BCUT2D eigenvalue weighted by molar-refractivity contribution is 5.92. The van der Waals surface area contributed by atoms with Crippen molar-refractivity contribution in [2.24, 2.45) is 11.8 Å². The number of hydrazine groups is 1. The number of nitrogens with zero attached hydrogens (tertiary/aromatic N) is 4. The van der Waals surface area contributed by atoms with Gasteiger partial charge in [0.05, 0.1) is 29.1 Å². The first-order valence-electron chi connectivity index (χ1n) is 14.5. The van der Waals surface area contributed by atoms with Gasteiger partial charge in [-0.1, -0.05) is 18.9 Å². The van der Waals surface area contributed by atoms with Crippen LogP contribution < -0.4 is 26.4 Å². The summed E-state index contributed by atoms with van der Waals surface area (Å²) in [6.07, 6.45) is 8.92. The first-order chi connectivity index (χ1) is 19.1. The second-order valence-electron chi connectivity index (χ2n) is 11.8. The fraction of sp³-hybridized carbons (Fsp3) is 0.552. The Morgan fingerprint density at radius 2 is 1.92 bits per heavy atom. The van der Waals surface area contributed by atoms with E-state index in [1.807, 2.05) is 6.20 Å². The van der Waals surface area contributed by atoms with Crippen LogP contribution in [0.15, 0.2) is 36.7 Å². The summed E-state index contributed by atoms with van der Waals surface area (Å²) in [5.74, 6) is 1.62. The van der Waals surface area contributed by atoms with Crippen molar-refractivity contribution in [2.45, 2.75) is 50.2 Å². The van der Waals surface area contributed by atoms with E-state index in [4.69, 9.17) is 4.98 Å². The van der Waals surface area contributed by atoms with Crippen LogP contribution in [0.1, 0.15) is 55.6 Å². The Morgan fingerprint density at radius 3 is 2.77 bits per heavy atom. The second-order valence-corrected chi connectivity index (χ2v) is 11.8. The number of carbonyl (C=O) groups excluding carboxylic acids is 1. The zero-order chi connectivity index (χ0) is 26.3. The van der Waals surface area contributed by atoms with Crippen molar-refractivity contribution < 1.29 is 4.79 Å². The molecule has 1 amide bonds. The molecule has 1 saturated carbocycles. The molecule has 4 aliphatic rings. The molecule has 2 aromatic heterocycles. The topological polar surface area (TPSA) is 113 Å². The van der Waals surface area contributed by atoms with Gasteiger partial charge >= 0.3 is 0 Å². The van der Waals surface area contributed by atoms with Gasteiger partial charge < -0.3 is 25.4 Å². The highest BCUT2D eigenvalue weighted by Gasteiger charge is 2.43. The summed E-state index contributed by atoms with van der Waals surface area (Å²) in [4.78, 5) is 30.8. The van der Waals surface area contributed by atoms with E-state index in [0.29, 0.717) is 12.0 Å². The smallest absolute Gasteiger partial charge is 0.227 e. The van der Waals surface area contributed by atoms with Crippen LogP contribution >= 0.6 is 0 Å². The molecule has 3 saturated heterocycles. The van der Waals surface area contributed by atoms with E-state index in [0.717, 1.165) is 92.9 Å². The van der Waals surface area contributed by atoms with Gasteiger partial charge in [0.25, 0.3) is 0 Å². The Labute approximate surface area is 229 Å². The third-order valence-corrected chi connectivity index (χ3v) is 9.26. The van der Waals surface area contributed by atoms with Crippen LogP contribution in [0.2, 0.25) is 0 Å². The first-order valence-corrected chi connectivity index (χ1v) is 14.5. The van der Waals surface area contributed by atoms with Gasteiger partial charge in [0.1, 0.15) is 11.3 Å². The number of anilines is 2. The minimum Gasteiger partial charge on any atom is -0.367 e. The third kappa shape index (κ3) is 4.91. The zero-order valence-electron chi connectivity index (χ0n) is 22.6. The number of fused-ring (bicyclic) bond motifs is 2. The number of hydrogen-bond acceptors (Lipinski definition) is 8. The lowest BCUT2D eigenvalue weighted by Crippen LogP contribution is -2.46. The quantitative estimate of drug-likeness (QED) is 0.343. The average molecular weight is 530 g/mol. The van der Waals surface area contributed by atoms with Gasteiger partial charge in [-0.15, -0.1) is 0 Å². The summed E-state index contributed by atoms with van der Waals surface area (Å²) >= 11 is 0. The molecular formula is C29H39N9O. The minimum atomic E-state index is 0.0885. The molecule has 10 heteroatoms. The largest absolute Gasteiger partial charge is 0.367 e. The Kier molecular flexibility index (Phi) is 6.72. The molecule has 4 atom stereocenters. The van der Waals surface area contributed by atoms with E-state index in [1.165, 1.54) is 5.69 Å². The second kappa shape index (κ2) is 10.5. The Bertz CT molecular complexity index is 1330. The number of piperazine rings is 1. The molecule has 1 aliphatic carbocycles. The van der Waals surface area contributed by atoms with Crippen LogP contribution in [0.3, 0.4) is 0 Å². The predicted octanol–water partition coefficient (Wildman–Crippen LogP) is 2.71. The van der Waals surface area contributed by atoms with E-state index >= 15 is 0 Å². The summed E-state index contributed by atoms with van der Waals surface area (Å²) in [6, 6.07) is 9.12. The van der Waals surface area contributed by atoms with E-state index in [2.05, 4.69) is 72.6 Å². The maximum Gasteiger partial charge on any atom is 0.227 e. The van der Waals surface area contributed by atoms with E-state index in [-0.39, 0.29) is 23.9 Å². The van der Waals surface area contributed by atoms with Crippen molar-refractivity contribution in [3.63, 3.8) is 0 Å². The third-order valence-electron chi connectivity index (χ3n) is 9.26. The standard InChI is InChI=1S/C29H39N9O/c1-37-9-11-38(12-10-37)25-8-4-7-22-27(25)34-28(33-22)26-21-14-23(31-17-24(21)35-36-26)19-13-20(16-30-15-19)32-29(39)18-5-2-3-6-18/h4,7-8,13,15-16,18,21,23-24,26,31,35-36H,2-3,5-6,9-12,14,17H2,1H3,(H,32,39)(H,33,34). The number of rotatable bonds is 5. The lowest BCUT2D eigenvalue weighted by Gasteiger charge is -2.34. The van der Waals surface area contributed by atoms with Crippen LogP contribution in [-0.4, -0.2) is 71.6 Å². The number of para-hydroxylation sites is 1. The number of likely N-dealkylation sites (N-methyl/N-ethyl adjacent to an activating group) is 1. The molecule has 39 heavy (non-hydrogen) atoms. The van der Waals surface area contributed by atoms with Gasteiger partial charge in [0, 0.05) is 62.8 Å². The van der Waals surface area contributed by atoms with Crippen LogP contribution in [0.4, 0.5) is 11.4 Å². The summed E-state index contributed by atoms with van der Waals surface area (Å²) in [6.45, 7) is 5.03. The molecule has 206 valence electrons. The number of aromatic amines is 1. The lowest BCUT2D eigenvalue weighted by molar-refractivity contribution is -0.119. The number of H-pyrrole nitrogens is 1. The molecular weight excluding hydrogens is 490 g/mol. The lowest BCUT2D eigenvalue weighted by atomic mass is 9.82. The Morgan fingerprint density at radius 1 is 1.08 bits per heavy atom. The molecule has 5 heterocycles. The number of benzene rings is 1. The number of amides is 1. The number of pyridine rings is 1. The fourth-order valence-corrected chi connectivity index (χ4v) is 6.93.